The number of alkyl halides is 2. The molecular formula is C15H20F2N2O2. The molecule has 4 nitrogen and oxygen atoms in total. The normalized spacial score (nSPS) is 23.6. The van der Waals surface area contributed by atoms with Crippen LogP contribution in [0.5, 0.6) is 5.75 Å². The van der Waals surface area contributed by atoms with Crippen molar-refractivity contribution in [1.29, 1.82) is 0 Å². The maximum Gasteiger partial charge on any atom is 0.482 e. The lowest BCUT2D eigenvalue weighted by molar-refractivity contribution is -0.194. The zero-order chi connectivity index (χ0) is 15.5. The van der Waals surface area contributed by atoms with Crippen LogP contribution in [0.25, 0.3) is 0 Å². The second kappa shape index (κ2) is 6.39. The number of hydrogen-bond donors (Lipinski definition) is 1. The zero-order valence-electron chi connectivity index (χ0n) is 12.2. The molecule has 2 rings (SSSR count). The van der Waals surface area contributed by atoms with Gasteiger partial charge < -0.3 is 15.0 Å². The molecule has 1 N–H and O–H groups in total. The van der Waals surface area contributed by atoms with Crippen molar-refractivity contribution in [3.05, 3.63) is 30.3 Å². The van der Waals surface area contributed by atoms with Crippen molar-refractivity contribution in [2.45, 2.75) is 25.5 Å². The van der Waals surface area contributed by atoms with Gasteiger partial charge in [0.1, 0.15) is 5.75 Å². The Balaban J connectivity index is 1.95. The van der Waals surface area contributed by atoms with Crippen LogP contribution in [0.2, 0.25) is 0 Å². The first-order valence-electron chi connectivity index (χ1n) is 7.00. The van der Waals surface area contributed by atoms with Crippen LogP contribution in [0.3, 0.4) is 0 Å². The Bertz CT molecular complexity index is 482. The molecule has 0 aliphatic carbocycles. The second-order valence-electron chi connectivity index (χ2n) is 5.54. The van der Waals surface area contributed by atoms with E-state index >= 15 is 0 Å². The van der Waals surface area contributed by atoms with Crippen molar-refractivity contribution in [2.75, 3.05) is 20.1 Å². The molecule has 1 amide bonds. The zero-order valence-corrected chi connectivity index (χ0v) is 12.2. The van der Waals surface area contributed by atoms with E-state index < -0.39 is 12.0 Å². The van der Waals surface area contributed by atoms with Gasteiger partial charge in [0.25, 0.3) is 0 Å². The van der Waals surface area contributed by atoms with E-state index in [9.17, 15) is 13.6 Å². The third kappa shape index (κ3) is 4.14. The number of ether oxygens (including phenoxy) is 1. The maximum atomic E-state index is 13.8. The van der Waals surface area contributed by atoms with Gasteiger partial charge in [0.05, 0.1) is 0 Å². The van der Waals surface area contributed by atoms with Crippen molar-refractivity contribution >= 4 is 5.91 Å². The fourth-order valence-electron chi connectivity index (χ4n) is 2.50. The third-order valence-electron chi connectivity index (χ3n) is 3.68. The van der Waals surface area contributed by atoms with E-state index in [4.69, 9.17) is 0 Å². The highest BCUT2D eigenvalue weighted by molar-refractivity contribution is 5.82. The molecule has 0 aromatic heterocycles. The predicted molar refractivity (Wildman–Crippen MR) is 75.2 cm³/mol. The number of hydrogen-bond acceptors (Lipinski definition) is 3. The van der Waals surface area contributed by atoms with Crippen molar-refractivity contribution in [2.24, 2.45) is 5.92 Å². The Morgan fingerprint density at radius 2 is 2.05 bits per heavy atom. The Kier molecular flexibility index (Phi) is 4.77. The summed E-state index contributed by atoms with van der Waals surface area (Å²) in [4.78, 5) is 13.9. The molecule has 116 valence electrons. The average Bonchev–Trinajstić information content (AvgIpc) is 2.42. The summed E-state index contributed by atoms with van der Waals surface area (Å²) >= 11 is 0. The monoisotopic (exact) mass is 298 g/mol. The van der Waals surface area contributed by atoms with Gasteiger partial charge in [0, 0.05) is 12.6 Å². The quantitative estimate of drug-likeness (QED) is 0.926. The topological polar surface area (TPSA) is 41.6 Å². The summed E-state index contributed by atoms with van der Waals surface area (Å²) in [7, 11) is 1.97. The molecule has 1 fully saturated rings. The summed E-state index contributed by atoms with van der Waals surface area (Å²) in [5.74, 6) is -1.29. The molecule has 1 heterocycles. The molecule has 0 bridgehead atoms. The van der Waals surface area contributed by atoms with E-state index in [-0.39, 0.29) is 17.7 Å². The minimum absolute atomic E-state index is 0.0333. The lowest BCUT2D eigenvalue weighted by Gasteiger charge is -2.35. The third-order valence-corrected chi connectivity index (χ3v) is 3.68. The Morgan fingerprint density at radius 3 is 2.67 bits per heavy atom. The lowest BCUT2D eigenvalue weighted by Crippen LogP contribution is -2.54. The molecule has 1 aliphatic heterocycles. The van der Waals surface area contributed by atoms with Crippen LogP contribution in [-0.2, 0) is 4.79 Å². The van der Waals surface area contributed by atoms with E-state index in [2.05, 4.69) is 15.0 Å². The molecule has 0 unspecified atom stereocenters. The first-order chi connectivity index (χ1) is 9.88. The molecule has 0 saturated carbocycles. The summed E-state index contributed by atoms with van der Waals surface area (Å²) < 4.78 is 32.1. The highest BCUT2D eigenvalue weighted by atomic mass is 19.3. The SMILES string of the molecule is C[C@H]1CN(C)CC[C@@H]1NC(=O)C(F)(F)Oc1ccccc1. The Hall–Kier alpha value is -1.69. The number of benzene rings is 1. The largest absolute Gasteiger partial charge is 0.482 e. The number of rotatable bonds is 4. The van der Waals surface area contributed by atoms with Crippen LogP contribution >= 0.6 is 0 Å². The molecule has 1 aromatic rings. The Morgan fingerprint density at radius 1 is 1.38 bits per heavy atom. The first kappa shape index (κ1) is 15.7. The fourth-order valence-corrected chi connectivity index (χ4v) is 2.50. The molecule has 2 atom stereocenters. The number of nitrogens with zero attached hydrogens (tertiary/aromatic N) is 1. The average molecular weight is 298 g/mol. The van der Waals surface area contributed by atoms with Gasteiger partial charge in [-0.05, 0) is 38.1 Å². The molecule has 6 heteroatoms. The summed E-state index contributed by atoms with van der Waals surface area (Å²) in [6.07, 6.45) is -3.21. The van der Waals surface area contributed by atoms with E-state index in [1.165, 1.54) is 12.1 Å². The van der Waals surface area contributed by atoms with Crippen LogP contribution in [0.4, 0.5) is 8.78 Å². The van der Waals surface area contributed by atoms with Gasteiger partial charge in [-0.15, -0.1) is 0 Å². The number of amides is 1. The molecule has 1 aromatic carbocycles. The highest BCUT2D eigenvalue weighted by Gasteiger charge is 2.44. The molecule has 1 saturated heterocycles. The first-order valence-corrected chi connectivity index (χ1v) is 7.00. The van der Waals surface area contributed by atoms with E-state index in [0.29, 0.717) is 6.42 Å². The van der Waals surface area contributed by atoms with Crippen LogP contribution in [0, 0.1) is 5.92 Å². The standard InChI is InChI=1S/C15H20F2N2O2/c1-11-10-19(2)9-8-13(11)18-14(20)15(16,17)21-12-6-4-3-5-7-12/h3-7,11,13H,8-10H2,1-2H3,(H,18,20)/t11-,13-/m0/s1. The number of halogens is 2. The number of piperidine rings is 1. The number of nitrogens with one attached hydrogen (secondary N) is 1. The maximum absolute atomic E-state index is 13.8. The van der Waals surface area contributed by atoms with Gasteiger partial charge in [-0.25, -0.2) is 0 Å². The van der Waals surface area contributed by atoms with Gasteiger partial charge in [0.15, 0.2) is 0 Å². The summed E-state index contributed by atoms with van der Waals surface area (Å²) in [6.45, 7) is 3.49. The fraction of sp³-hybridized carbons (Fsp3) is 0.533. The van der Waals surface area contributed by atoms with Crippen LogP contribution in [0.15, 0.2) is 30.3 Å². The van der Waals surface area contributed by atoms with Crippen LogP contribution < -0.4 is 10.1 Å². The van der Waals surface area contributed by atoms with Gasteiger partial charge in [-0.1, -0.05) is 25.1 Å². The minimum atomic E-state index is -3.87. The van der Waals surface area contributed by atoms with E-state index in [1.807, 2.05) is 14.0 Å². The van der Waals surface area contributed by atoms with Gasteiger partial charge in [-0.3, -0.25) is 4.79 Å². The number of carbonyl (C=O) groups excluding carboxylic acids is 1. The summed E-state index contributed by atoms with van der Waals surface area (Å²) in [6, 6.07) is 7.35. The van der Waals surface area contributed by atoms with Gasteiger partial charge in [0.2, 0.25) is 0 Å². The highest BCUT2D eigenvalue weighted by Crippen LogP contribution is 2.23. The number of carbonyl (C=O) groups is 1. The van der Waals surface area contributed by atoms with Crippen molar-refractivity contribution in [3.63, 3.8) is 0 Å². The minimum Gasteiger partial charge on any atom is -0.425 e. The van der Waals surface area contributed by atoms with Crippen LogP contribution in [-0.4, -0.2) is 43.1 Å². The number of likely N-dealkylation sites (tertiary alicyclic amines) is 1. The summed E-state index contributed by atoms with van der Waals surface area (Å²) in [5, 5.41) is 2.41. The van der Waals surface area contributed by atoms with Gasteiger partial charge in [-0.2, -0.15) is 8.78 Å². The van der Waals surface area contributed by atoms with Crippen molar-refractivity contribution < 1.29 is 18.3 Å². The molecule has 1 aliphatic rings. The second-order valence-corrected chi connectivity index (χ2v) is 5.54. The van der Waals surface area contributed by atoms with Crippen molar-refractivity contribution in [3.8, 4) is 5.75 Å². The van der Waals surface area contributed by atoms with Crippen molar-refractivity contribution in [1.82, 2.24) is 10.2 Å². The lowest BCUT2D eigenvalue weighted by atomic mass is 9.94. The molecular weight excluding hydrogens is 278 g/mol. The van der Waals surface area contributed by atoms with E-state index in [1.54, 1.807) is 18.2 Å². The molecule has 0 radical (unpaired) electrons. The molecule has 0 spiro atoms. The number of para-hydroxylation sites is 1. The predicted octanol–water partition coefficient (Wildman–Crippen LogP) is 2.11. The van der Waals surface area contributed by atoms with Gasteiger partial charge >= 0.3 is 12.0 Å². The van der Waals surface area contributed by atoms with E-state index in [0.717, 1.165) is 13.1 Å². The smallest absolute Gasteiger partial charge is 0.425 e. The Labute approximate surface area is 123 Å². The molecule has 21 heavy (non-hydrogen) atoms. The summed E-state index contributed by atoms with van der Waals surface area (Å²) in [5.41, 5.74) is 0. The van der Waals surface area contributed by atoms with Crippen LogP contribution in [0.1, 0.15) is 13.3 Å².